The molecule has 2 aliphatic rings. The molecule has 5 nitrogen and oxygen atoms in total. The van der Waals surface area contributed by atoms with E-state index in [9.17, 15) is 4.79 Å². The van der Waals surface area contributed by atoms with Crippen LogP contribution in [0.25, 0.3) is 5.57 Å². The molecule has 0 aromatic carbocycles. The Bertz CT molecular complexity index is 694. The maximum absolute atomic E-state index is 12.3. The van der Waals surface area contributed by atoms with Gasteiger partial charge in [-0.15, -0.1) is 11.3 Å². The highest BCUT2D eigenvalue weighted by Gasteiger charge is 2.31. The molecular weight excluding hydrogens is 322 g/mol. The number of likely N-dealkylation sites (tertiary alicyclic amines) is 1. The van der Waals surface area contributed by atoms with Crippen molar-refractivity contribution < 1.29 is 9.53 Å². The molecule has 3 N–H and O–H groups in total. The first-order chi connectivity index (χ1) is 11.7. The summed E-state index contributed by atoms with van der Waals surface area (Å²) >= 11 is 1.65. The number of rotatable bonds is 4. The zero-order chi connectivity index (χ0) is 16.9. The van der Waals surface area contributed by atoms with E-state index in [0.717, 1.165) is 23.5 Å². The molecule has 6 heteroatoms. The van der Waals surface area contributed by atoms with Crippen molar-refractivity contribution in [1.29, 1.82) is 0 Å². The number of nitrogens with one attached hydrogen (secondary N) is 1. The number of carbonyl (C=O) groups excluding carboxylic acids is 1. The van der Waals surface area contributed by atoms with Crippen molar-refractivity contribution in [2.45, 2.75) is 12.1 Å². The Hall–Kier alpha value is -2.07. The Labute approximate surface area is 146 Å². The molecule has 0 bridgehead atoms. The Kier molecular flexibility index (Phi) is 5.36. The predicted octanol–water partition coefficient (Wildman–Crippen LogP) is 1.69. The Morgan fingerprint density at radius 3 is 3.04 bits per heavy atom. The molecule has 1 aliphatic heterocycles. The lowest BCUT2D eigenvalue weighted by atomic mass is 10.0. The van der Waals surface area contributed by atoms with Crippen LogP contribution in [0.3, 0.4) is 0 Å². The Morgan fingerprint density at radius 2 is 2.33 bits per heavy atom. The van der Waals surface area contributed by atoms with Crippen LogP contribution in [0.2, 0.25) is 0 Å². The summed E-state index contributed by atoms with van der Waals surface area (Å²) < 4.78 is 5.11. The molecule has 126 valence electrons. The third kappa shape index (κ3) is 4.06. The average Bonchev–Trinajstić information content (AvgIpc) is 3.03. The molecule has 1 aromatic rings. The average molecular weight is 343 g/mol. The summed E-state index contributed by atoms with van der Waals surface area (Å²) in [7, 11) is 1.68. The number of nitrogens with two attached hydrogens (primary N) is 1. The van der Waals surface area contributed by atoms with Gasteiger partial charge in [0.15, 0.2) is 0 Å². The maximum Gasteiger partial charge on any atom is 0.318 e. The van der Waals surface area contributed by atoms with Crippen LogP contribution in [0.15, 0.2) is 35.7 Å². The number of allylic oxidation sites excluding steroid dienone is 2. The highest BCUT2D eigenvalue weighted by Crippen LogP contribution is 2.23. The number of urea groups is 1. The molecule has 0 saturated carbocycles. The standard InChI is InChI=1S/C18H21N3O2S/c1-23-12-13-10-21(11-13)18(22)20-16-7-6-15(19)5-4-14(9-16)17-3-2-8-24-17/h2-5,8-9,13,15-16H,10-12,19H2,1H3,(H,20,22)/b5-4-,14-9+/t15-,16-/m0/s1. The second-order valence-electron chi connectivity index (χ2n) is 5.93. The second-order valence-corrected chi connectivity index (χ2v) is 6.87. The topological polar surface area (TPSA) is 67.6 Å². The van der Waals surface area contributed by atoms with Gasteiger partial charge >= 0.3 is 6.03 Å². The van der Waals surface area contributed by atoms with Gasteiger partial charge in [-0.3, -0.25) is 0 Å². The van der Waals surface area contributed by atoms with Crippen molar-refractivity contribution in [3.63, 3.8) is 0 Å². The van der Waals surface area contributed by atoms with E-state index in [2.05, 4.69) is 17.2 Å². The van der Waals surface area contributed by atoms with Crippen molar-refractivity contribution in [3.8, 4) is 11.8 Å². The van der Waals surface area contributed by atoms with Crippen LogP contribution in [0.1, 0.15) is 4.88 Å². The van der Waals surface area contributed by atoms with E-state index in [-0.39, 0.29) is 18.1 Å². The summed E-state index contributed by atoms with van der Waals surface area (Å²) in [6.45, 7) is 2.14. The molecule has 0 radical (unpaired) electrons. The lowest BCUT2D eigenvalue weighted by Gasteiger charge is -2.39. The van der Waals surface area contributed by atoms with E-state index in [1.165, 1.54) is 0 Å². The van der Waals surface area contributed by atoms with Crippen LogP contribution in [0.4, 0.5) is 4.79 Å². The number of carbonyl (C=O) groups is 1. The third-order valence-electron chi connectivity index (χ3n) is 3.97. The van der Waals surface area contributed by atoms with Crippen molar-refractivity contribution >= 4 is 22.9 Å². The van der Waals surface area contributed by atoms with E-state index in [4.69, 9.17) is 10.5 Å². The molecule has 1 aromatic heterocycles. The lowest BCUT2D eigenvalue weighted by Crippen LogP contribution is -2.56. The predicted molar refractivity (Wildman–Crippen MR) is 96.4 cm³/mol. The van der Waals surface area contributed by atoms with Gasteiger partial charge < -0.3 is 20.7 Å². The SMILES string of the molecule is COCC1CN(C(=O)N[C@H]2C#C[C@@H](N)/C=C\C(c3cccs3)=C/2)C1. The third-order valence-corrected chi connectivity index (χ3v) is 4.89. The van der Waals surface area contributed by atoms with Crippen LogP contribution < -0.4 is 11.1 Å². The van der Waals surface area contributed by atoms with Crippen molar-refractivity contribution in [3.05, 3.63) is 40.6 Å². The number of ether oxygens (including phenoxy) is 1. The van der Waals surface area contributed by atoms with E-state index in [0.29, 0.717) is 12.5 Å². The fourth-order valence-corrected chi connectivity index (χ4v) is 3.44. The van der Waals surface area contributed by atoms with Gasteiger partial charge in [-0.2, -0.15) is 0 Å². The number of hydrogen-bond donors (Lipinski definition) is 2. The van der Waals surface area contributed by atoms with Crippen molar-refractivity contribution in [1.82, 2.24) is 10.2 Å². The Morgan fingerprint density at radius 1 is 1.50 bits per heavy atom. The highest BCUT2D eigenvalue weighted by molar-refractivity contribution is 7.11. The van der Waals surface area contributed by atoms with E-state index in [1.54, 1.807) is 23.3 Å². The van der Waals surface area contributed by atoms with Crippen LogP contribution in [-0.4, -0.2) is 49.8 Å². The van der Waals surface area contributed by atoms with Crippen LogP contribution >= 0.6 is 11.3 Å². The minimum Gasteiger partial charge on any atom is -0.384 e. The minimum atomic E-state index is -0.355. The minimum absolute atomic E-state index is 0.0958. The number of amides is 2. The zero-order valence-corrected chi connectivity index (χ0v) is 14.4. The molecule has 2 heterocycles. The summed E-state index contributed by atoms with van der Waals surface area (Å²) in [6, 6.07) is 3.27. The first-order valence-corrected chi connectivity index (χ1v) is 8.78. The largest absolute Gasteiger partial charge is 0.384 e. The number of methoxy groups -OCH3 is 1. The van der Waals surface area contributed by atoms with Gasteiger partial charge in [-0.25, -0.2) is 4.79 Å². The quantitative estimate of drug-likeness (QED) is 0.818. The van der Waals surface area contributed by atoms with E-state index < -0.39 is 0 Å². The van der Waals surface area contributed by atoms with Gasteiger partial charge in [-0.1, -0.05) is 30.1 Å². The van der Waals surface area contributed by atoms with Crippen LogP contribution in [0.5, 0.6) is 0 Å². The first-order valence-electron chi connectivity index (χ1n) is 7.90. The first kappa shape index (κ1) is 16.8. The Balaban J connectivity index is 1.69. The van der Waals surface area contributed by atoms with E-state index in [1.807, 2.05) is 35.7 Å². The molecule has 1 fully saturated rings. The number of nitrogens with zero attached hydrogens (tertiary/aromatic N) is 1. The molecular formula is C18H21N3O2S. The molecule has 1 saturated heterocycles. The molecule has 2 atom stereocenters. The van der Waals surface area contributed by atoms with Gasteiger partial charge in [-0.05, 0) is 23.1 Å². The fourth-order valence-electron chi connectivity index (χ4n) is 2.70. The summed E-state index contributed by atoms with van der Waals surface area (Å²) in [6.07, 6.45) is 5.83. The fraction of sp³-hybridized carbons (Fsp3) is 0.389. The van der Waals surface area contributed by atoms with Gasteiger partial charge in [0.05, 0.1) is 12.6 Å². The van der Waals surface area contributed by atoms with Gasteiger partial charge in [0.2, 0.25) is 0 Å². The van der Waals surface area contributed by atoms with Crippen LogP contribution in [-0.2, 0) is 4.74 Å². The normalized spacial score (nSPS) is 26.9. The van der Waals surface area contributed by atoms with Crippen molar-refractivity contribution in [2.75, 3.05) is 26.8 Å². The monoisotopic (exact) mass is 343 g/mol. The molecule has 2 amide bonds. The summed E-state index contributed by atoms with van der Waals surface area (Å²) in [5.74, 6) is 6.44. The molecule has 1 aliphatic carbocycles. The van der Waals surface area contributed by atoms with Gasteiger partial charge in [0.1, 0.15) is 6.04 Å². The van der Waals surface area contributed by atoms with E-state index >= 15 is 0 Å². The van der Waals surface area contributed by atoms with Crippen molar-refractivity contribution in [2.24, 2.45) is 11.7 Å². The van der Waals surface area contributed by atoms with Gasteiger partial charge in [0, 0.05) is 31.0 Å². The zero-order valence-electron chi connectivity index (χ0n) is 13.6. The van der Waals surface area contributed by atoms with Gasteiger partial charge in [0.25, 0.3) is 0 Å². The second kappa shape index (κ2) is 7.67. The lowest BCUT2D eigenvalue weighted by molar-refractivity contribution is 0.0554. The highest BCUT2D eigenvalue weighted by atomic mass is 32.1. The molecule has 3 rings (SSSR count). The summed E-state index contributed by atoms with van der Waals surface area (Å²) in [5.41, 5.74) is 6.97. The molecule has 0 spiro atoms. The maximum atomic E-state index is 12.3. The summed E-state index contributed by atoms with van der Waals surface area (Å²) in [5, 5.41) is 5.00. The summed E-state index contributed by atoms with van der Waals surface area (Å²) in [4.78, 5) is 15.3. The molecule has 0 unspecified atom stereocenters. The molecule has 24 heavy (non-hydrogen) atoms. The smallest absolute Gasteiger partial charge is 0.318 e. The number of thiophene rings is 1. The van der Waals surface area contributed by atoms with Crippen LogP contribution in [0, 0.1) is 17.8 Å². The number of hydrogen-bond acceptors (Lipinski definition) is 4.